The molecule has 2 saturated heterocycles. The summed E-state index contributed by atoms with van der Waals surface area (Å²) in [6.45, 7) is 7.00. The highest BCUT2D eigenvalue weighted by Crippen LogP contribution is 2.24. The number of carbonyl (C=O) groups excluding carboxylic acids is 1. The van der Waals surface area contributed by atoms with Gasteiger partial charge in [-0.15, -0.1) is 0 Å². The van der Waals surface area contributed by atoms with Gasteiger partial charge in [0.15, 0.2) is 0 Å². The lowest BCUT2D eigenvalue weighted by Crippen LogP contribution is -2.48. The topological polar surface area (TPSA) is 41.6 Å². The van der Waals surface area contributed by atoms with Crippen LogP contribution >= 0.6 is 0 Å². The Balaban J connectivity index is 2.07. The summed E-state index contributed by atoms with van der Waals surface area (Å²) in [6, 6.07) is 0.145. The number of ether oxygens (including phenoxy) is 1. The van der Waals surface area contributed by atoms with E-state index in [1.807, 2.05) is 11.8 Å². The molecule has 1 N–H and O–H groups in total. The second-order valence-corrected chi connectivity index (χ2v) is 4.85. The standard InChI is InChI=1S/C12H22N2O2/c1-4-11-13-8(2)12(15)14(11)9(3)10-6-5-7-16-10/h8-11,13H,4-7H2,1-3H3. The number of amides is 1. The minimum absolute atomic E-state index is 0.0474. The Hall–Kier alpha value is -0.610. The number of nitrogens with one attached hydrogen (secondary N) is 1. The molecule has 0 aromatic heterocycles. The summed E-state index contributed by atoms with van der Waals surface area (Å²) < 4.78 is 5.68. The zero-order valence-electron chi connectivity index (χ0n) is 10.4. The molecule has 16 heavy (non-hydrogen) atoms. The minimum Gasteiger partial charge on any atom is -0.376 e. The van der Waals surface area contributed by atoms with E-state index in [1.54, 1.807) is 0 Å². The second-order valence-electron chi connectivity index (χ2n) is 4.85. The molecule has 0 aromatic rings. The van der Waals surface area contributed by atoms with Gasteiger partial charge in [-0.05, 0) is 33.1 Å². The fourth-order valence-electron chi connectivity index (χ4n) is 2.78. The Morgan fingerprint density at radius 1 is 1.62 bits per heavy atom. The maximum Gasteiger partial charge on any atom is 0.241 e. The quantitative estimate of drug-likeness (QED) is 0.784. The van der Waals surface area contributed by atoms with Crippen LogP contribution in [0.2, 0.25) is 0 Å². The fourth-order valence-corrected chi connectivity index (χ4v) is 2.78. The fraction of sp³-hybridized carbons (Fsp3) is 0.917. The second kappa shape index (κ2) is 4.72. The Morgan fingerprint density at radius 2 is 2.38 bits per heavy atom. The van der Waals surface area contributed by atoms with E-state index in [1.165, 1.54) is 0 Å². The Kier molecular flexibility index (Phi) is 3.50. The Labute approximate surface area is 97.3 Å². The highest BCUT2D eigenvalue weighted by atomic mass is 16.5. The van der Waals surface area contributed by atoms with Crippen molar-refractivity contribution in [3.8, 4) is 0 Å². The monoisotopic (exact) mass is 226 g/mol. The van der Waals surface area contributed by atoms with Crippen LogP contribution in [0.15, 0.2) is 0 Å². The van der Waals surface area contributed by atoms with Crippen LogP contribution in [-0.2, 0) is 9.53 Å². The van der Waals surface area contributed by atoms with Crippen molar-refractivity contribution in [2.24, 2.45) is 0 Å². The van der Waals surface area contributed by atoms with E-state index in [0.717, 1.165) is 25.9 Å². The van der Waals surface area contributed by atoms with Crippen molar-refractivity contribution in [3.05, 3.63) is 0 Å². The third kappa shape index (κ3) is 1.96. The third-order valence-corrected chi connectivity index (χ3v) is 3.73. The summed E-state index contributed by atoms with van der Waals surface area (Å²) >= 11 is 0. The Bertz CT molecular complexity index is 264. The first kappa shape index (κ1) is 11.9. The molecular weight excluding hydrogens is 204 g/mol. The lowest BCUT2D eigenvalue weighted by molar-refractivity contribution is -0.134. The van der Waals surface area contributed by atoms with Gasteiger partial charge in [0.05, 0.1) is 24.4 Å². The van der Waals surface area contributed by atoms with Gasteiger partial charge in [-0.1, -0.05) is 6.92 Å². The summed E-state index contributed by atoms with van der Waals surface area (Å²) in [5.74, 6) is 0.217. The largest absolute Gasteiger partial charge is 0.376 e. The molecule has 0 radical (unpaired) electrons. The molecule has 0 spiro atoms. The van der Waals surface area contributed by atoms with Crippen molar-refractivity contribution in [1.82, 2.24) is 10.2 Å². The molecule has 2 aliphatic rings. The van der Waals surface area contributed by atoms with E-state index < -0.39 is 0 Å². The van der Waals surface area contributed by atoms with Gasteiger partial charge in [-0.3, -0.25) is 10.1 Å². The first-order valence-corrected chi connectivity index (χ1v) is 6.35. The number of nitrogens with zero attached hydrogens (tertiary/aromatic N) is 1. The van der Waals surface area contributed by atoms with Gasteiger partial charge >= 0.3 is 0 Å². The average molecular weight is 226 g/mol. The molecule has 2 fully saturated rings. The van der Waals surface area contributed by atoms with Crippen molar-refractivity contribution < 1.29 is 9.53 Å². The van der Waals surface area contributed by atoms with Crippen molar-refractivity contribution in [3.63, 3.8) is 0 Å². The molecule has 4 nitrogen and oxygen atoms in total. The summed E-state index contributed by atoms with van der Waals surface area (Å²) in [7, 11) is 0. The highest BCUT2D eigenvalue weighted by Gasteiger charge is 2.41. The minimum atomic E-state index is -0.0474. The molecule has 2 heterocycles. The molecule has 1 amide bonds. The van der Waals surface area contributed by atoms with Crippen LogP contribution in [0.1, 0.15) is 40.0 Å². The molecule has 0 aromatic carbocycles. The first-order valence-electron chi connectivity index (χ1n) is 6.35. The van der Waals surface area contributed by atoms with E-state index >= 15 is 0 Å². The molecule has 92 valence electrons. The number of hydrogen-bond acceptors (Lipinski definition) is 3. The van der Waals surface area contributed by atoms with Crippen LogP contribution in [-0.4, -0.2) is 41.8 Å². The maximum absolute atomic E-state index is 12.1. The van der Waals surface area contributed by atoms with Crippen molar-refractivity contribution in [2.45, 2.75) is 64.4 Å². The lowest BCUT2D eigenvalue weighted by atomic mass is 10.1. The van der Waals surface area contributed by atoms with Gasteiger partial charge in [0.1, 0.15) is 0 Å². The molecule has 2 rings (SSSR count). The van der Waals surface area contributed by atoms with Crippen LogP contribution in [0.5, 0.6) is 0 Å². The smallest absolute Gasteiger partial charge is 0.241 e. The van der Waals surface area contributed by atoms with Crippen LogP contribution < -0.4 is 5.32 Å². The first-order chi connectivity index (χ1) is 7.65. The van der Waals surface area contributed by atoms with Gasteiger partial charge in [0.25, 0.3) is 0 Å². The normalized spacial score (nSPS) is 37.1. The van der Waals surface area contributed by atoms with Gasteiger partial charge in [0, 0.05) is 6.61 Å². The molecule has 0 saturated carbocycles. The summed E-state index contributed by atoms with van der Waals surface area (Å²) in [4.78, 5) is 14.1. The number of carbonyl (C=O) groups is 1. The third-order valence-electron chi connectivity index (χ3n) is 3.73. The number of rotatable bonds is 3. The summed E-state index contributed by atoms with van der Waals surface area (Å²) in [6.07, 6.45) is 3.56. The van der Waals surface area contributed by atoms with Crippen LogP contribution in [0.4, 0.5) is 0 Å². The van der Waals surface area contributed by atoms with E-state index in [0.29, 0.717) is 0 Å². The molecule has 4 heteroatoms. The zero-order chi connectivity index (χ0) is 11.7. The van der Waals surface area contributed by atoms with Crippen molar-refractivity contribution in [1.29, 1.82) is 0 Å². The van der Waals surface area contributed by atoms with Crippen LogP contribution in [0.25, 0.3) is 0 Å². The van der Waals surface area contributed by atoms with Gasteiger partial charge in [-0.25, -0.2) is 0 Å². The maximum atomic E-state index is 12.1. The van der Waals surface area contributed by atoms with Gasteiger partial charge in [-0.2, -0.15) is 0 Å². The van der Waals surface area contributed by atoms with Crippen molar-refractivity contribution >= 4 is 5.91 Å². The predicted molar refractivity (Wildman–Crippen MR) is 62.0 cm³/mol. The van der Waals surface area contributed by atoms with Crippen molar-refractivity contribution in [2.75, 3.05) is 6.61 Å². The molecule has 2 aliphatic heterocycles. The van der Waals surface area contributed by atoms with E-state index in [-0.39, 0.29) is 30.3 Å². The molecule has 4 atom stereocenters. The molecule has 0 aliphatic carbocycles. The average Bonchev–Trinajstić information content (AvgIpc) is 2.88. The highest BCUT2D eigenvalue weighted by molar-refractivity contribution is 5.84. The van der Waals surface area contributed by atoms with Gasteiger partial charge < -0.3 is 9.64 Å². The summed E-state index contributed by atoms with van der Waals surface area (Å²) in [5, 5.41) is 3.33. The molecular formula is C12H22N2O2. The van der Waals surface area contributed by atoms with E-state index in [9.17, 15) is 4.79 Å². The zero-order valence-corrected chi connectivity index (χ0v) is 10.4. The van der Waals surface area contributed by atoms with Crippen LogP contribution in [0, 0.1) is 0 Å². The van der Waals surface area contributed by atoms with Crippen LogP contribution in [0.3, 0.4) is 0 Å². The lowest BCUT2D eigenvalue weighted by Gasteiger charge is -2.33. The number of hydrogen-bond donors (Lipinski definition) is 1. The Morgan fingerprint density at radius 3 is 2.94 bits per heavy atom. The van der Waals surface area contributed by atoms with E-state index in [2.05, 4.69) is 19.2 Å². The summed E-state index contributed by atoms with van der Waals surface area (Å²) in [5.41, 5.74) is 0. The predicted octanol–water partition coefficient (Wildman–Crippen LogP) is 1.11. The SMILES string of the molecule is CCC1NC(C)C(=O)N1C(C)C1CCCO1. The molecule has 4 unspecified atom stereocenters. The molecule has 0 bridgehead atoms. The van der Waals surface area contributed by atoms with E-state index in [4.69, 9.17) is 4.74 Å². The van der Waals surface area contributed by atoms with Gasteiger partial charge in [0.2, 0.25) is 5.91 Å².